The van der Waals surface area contributed by atoms with E-state index in [1.54, 1.807) is 0 Å². The van der Waals surface area contributed by atoms with Crippen LogP contribution in [-0.2, 0) is 13.0 Å². The molecule has 0 radical (unpaired) electrons. The lowest BCUT2D eigenvalue weighted by atomic mass is 10.0. The normalized spacial score (nSPS) is 25.1. The van der Waals surface area contributed by atoms with Gasteiger partial charge in [-0.25, -0.2) is 4.98 Å². The first-order valence-electron chi connectivity index (χ1n) is 7.49. The number of hydrogen-bond donors (Lipinski definition) is 1. The van der Waals surface area contributed by atoms with E-state index in [2.05, 4.69) is 42.9 Å². The van der Waals surface area contributed by atoms with E-state index >= 15 is 0 Å². The summed E-state index contributed by atoms with van der Waals surface area (Å²) >= 11 is 0. The van der Waals surface area contributed by atoms with E-state index < -0.39 is 0 Å². The second-order valence-electron chi connectivity index (χ2n) is 6.09. The van der Waals surface area contributed by atoms with Gasteiger partial charge in [0.1, 0.15) is 5.76 Å². The number of aryl methyl sites for hydroxylation is 1. The number of aromatic nitrogens is 1. The van der Waals surface area contributed by atoms with Crippen LogP contribution >= 0.6 is 0 Å². The lowest BCUT2D eigenvalue weighted by Crippen LogP contribution is -2.55. The Morgan fingerprint density at radius 1 is 1.53 bits per heavy atom. The van der Waals surface area contributed by atoms with E-state index in [0.717, 1.165) is 43.6 Å². The van der Waals surface area contributed by atoms with E-state index in [-0.39, 0.29) is 0 Å². The first-order valence-corrected chi connectivity index (χ1v) is 7.49. The van der Waals surface area contributed by atoms with Crippen molar-refractivity contribution in [2.75, 3.05) is 13.1 Å². The Morgan fingerprint density at radius 3 is 2.95 bits per heavy atom. The number of hydrogen-bond acceptors (Lipinski definition) is 4. The van der Waals surface area contributed by atoms with Gasteiger partial charge < -0.3 is 9.73 Å². The summed E-state index contributed by atoms with van der Waals surface area (Å²) in [6, 6.07) is 1.14. The highest BCUT2D eigenvalue weighted by atomic mass is 16.4. The van der Waals surface area contributed by atoms with Gasteiger partial charge in [0, 0.05) is 31.6 Å². The SMILES string of the molecule is CCc1cnc(CN2CC(CC(C)C)NCC2C)o1. The lowest BCUT2D eigenvalue weighted by Gasteiger charge is -2.38. The van der Waals surface area contributed by atoms with Crippen LogP contribution in [0.3, 0.4) is 0 Å². The van der Waals surface area contributed by atoms with E-state index in [4.69, 9.17) is 4.42 Å². The zero-order valence-corrected chi connectivity index (χ0v) is 12.6. The Kier molecular flexibility index (Phi) is 4.99. The van der Waals surface area contributed by atoms with E-state index in [1.165, 1.54) is 6.42 Å². The van der Waals surface area contributed by atoms with Crippen LogP contribution in [0.1, 0.15) is 45.8 Å². The van der Waals surface area contributed by atoms with Gasteiger partial charge in [-0.2, -0.15) is 0 Å². The summed E-state index contributed by atoms with van der Waals surface area (Å²) in [5.41, 5.74) is 0. The number of oxazole rings is 1. The molecule has 0 aromatic carbocycles. The Bertz CT molecular complexity index is 388. The van der Waals surface area contributed by atoms with Crippen molar-refractivity contribution < 1.29 is 4.42 Å². The van der Waals surface area contributed by atoms with E-state index in [0.29, 0.717) is 12.1 Å². The van der Waals surface area contributed by atoms with Gasteiger partial charge in [0.25, 0.3) is 0 Å². The highest BCUT2D eigenvalue weighted by Gasteiger charge is 2.26. The van der Waals surface area contributed by atoms with E-state index in [1.807, 2.05) is 6.20 Å². The predicted octanol–water partition coefficient (Wildman–Crippen LogP) is 2.45. The first-order chi connectivity index (χ1) is 9.08. The van der Waals surface area contributed by atoms with Crippen LogP contribution in [0.4, 0.5) is 0 Å². The molecule has 0 spiro atoms. The Hall–Kier alpha value is -0.870. The first kappa shape index (κ1) is 14.5. The number of nitrogens with zero attached hydrogens (tertiary/aromatic N) is 2. The standard InChI is InChI=1S/C15H27N3O/c1-5-14-8-17-15(19-14)10-18-9-13(6-11(2)3)16-7-12(18)4/h8,11-13,16H,5-7,9-10H2,1-4H3. The van der Waals surface area contributed by atoms with Gasteiger partial charge in [-0.05, 0) is 19.3 Å². The molecule has 1 aromatic heterocycles. The van der Waals surface area contributed by atoms with Crippen molar-refractivity contribution in [3.8, 4) is 0 Å². The Labute approximate surface area is 116 Å². The molecule has 1 aliphatic heterocycles. The molecular weight excluding hydrogens is 238 g/mol. The minimum absolute atomic E-state index is 0.542. The smallest absolute Gasteiger partial charge is 0.208 e. The quantitative estimate of drug-likeness (QED) is 0.888. The number of nitrogens with one attached hydrogen (secondary N) is 1. The molecule has 19 heavy (non-hydrogen) atoms. The van der Waals surface area contributed by atoms with Crippen LogP contribution in [0.15, 0.2) is 10.6 Å². The molecule has 4 nitrogen and oxygen atoms in total. The molecule has 1 aliphatic rings. The Balaban J connectivity index is 1.93. The topological polar surface area (TPSA) is 41.3 Å². The van der Waals surface area contributed by atoms with Gasteiger partial charge in [-0.1, -0.05) is 20.8 Å². The summed E-state index contributed by atoms with van der Waals surface area (Å²) in [6.07, 6.45) is 4.00. The maximum atomic E-state index is 5.73. The number of piperazine rings is 1. The van der Waals surface area contributed by atoms with Gasteiger partial charge >= 0.3 is 0 Å². The van der Waals surface area contributed by atoms with Crippen LogP contribution in [0.25, 0.3) is 0 Å². The van der Waals surface area contributed by atoms with Crippen molar-refractivity contribution in [2.45, 2.75) is 59.2 Å². The molecule has 2 heterocycles. The van der Waals surface area contributed by atoms with Crippen molar-refractivity contribution in [1.29, 1.82) is 0 Å². The van der Waals surface area contributed by atoms with Crippen LogP contribution in [0, 0.1) is 5.92 Å². The number of rotatable bonds is 5. The summed E-state index contributed by atoms with van der Waals surface area (Å²) in [6.45, 7) is 11.9. The van der Waals surface area contributed by atoms with Crippen molar-refractivity contribution in [3.63, 3.8) is 0 Å². The minimum Gasteiger partial charge on any atom is -0.444 e. The molecule has 1 N–H and O–H groups in total. The largest absolute Gasteiger partial charge is 0.444 e. The maximum absolute atomic E-state index is 5.73. The summed E-state index contributed by atoms with van der Waals surface area (Å²) in [5, 5.41) is 3.64. The summed E-state index contributed by atoms with van der Waals surface area (Å²) in [4.78, 5) is 6.85. The molecule has 2 unspecified atom stereocenters. The van der Waals surface area contributed by atoms with Crippen molar-refractivity contribution in [2.24, 2.45) is 5.92 Å². The van der Waals surface area contributed by atoms with Crippen molar-refractivity contribution in [3.05, 3.63) is 17.8 Å². The second kappa shape index (κ2) is 6.53. The van der Waals surface area contributed by atoms with Crippen molar-refractivity contribution in [1.82, 2.24) is 15.2 Å². The van der Waals surface area contributed by atoms with Gasteiger partial charge in [0.2, 0.25) is 5.89 Å². The zero-order chi connectivity index (χ0) is 13.8. The fourth-order valence-corrected chi connectivity index (χ4v) is 2.70. The highest BCUT2D eigenvalue weighted by molar-refractivity contribution is 4.95. The van der Waals surface area contributed by atoms with Crippen LogP contribution in [0.5, 0.6) is 0 Å². The van der Waals surface area contributed by atoms with Crippen LogP contribution in [-0.4, -0.2) is 35.1 Å². The van der Waals surface area contributed by atoms with Gasteiger partial charge in [0.05, 0.1) is 12.7 Å². The molecule has 1 aromatic rings. The molecule has 0 saturated carbocycles. The fraction of sp³-hybridized carbons (Fsp3) is 0.800. The third-order valence-corrected chi connectivity index (χ3v) is 3.82. The average Bonchev–Trinajstić information content (AvgIpc) is 2.80. The molecule has 1 saturated heterocycles. The minimum atomic E-state index is 0.542. The summed E-state index contributed by atoms with van der Waals surface area (Å²) in [7, 11) is 0. The monoisotopic (exact) mass is 265 g/mol. The fourth-order valence-electron chi connectivity index (χ4n) is 2.70. The summed E-state index contributed by atoms with van der Waals surface area (Å²) < 4.78 is 5.73. The van der Waals surface area contributed by atoms with E-state index in [9.17, 15) is 0 Å². The molecule has 2 atom stereocenters. The molecule has 0 aliphatic carbocycles. The predicted molar refractivity (Wildman–Crippen MR) is 77.0 cm³/mol. The summed E-state index contributed by atoms with van der Waals surface area (Å²) in [5.74, 6) is 2.58. The highest BCUT2D eigenvalue weighted by Crippen LogP contribution is 2.16. The second-order valence-corrected chi connectivity index (χ2v) is 6.09. The molecule has 1 fully saturated rings. The zero-order valence-electron chi connectivity index (χ0n) is 12.6. The van der Waals surface area contributed by atoms with Gasteiger partial charge in [0.15, 0.2) is 0 Å². The third-order valence-electron chi connectivity index (χ3n) is 3.82. The Morgan fingerprint density at radius 2 is 2.32 bits per heavy atom. The molecular formula is C15H27N3O. The lowest BCUT2D eigenvalue weighted by molar-refractivity contribution is 0.114. The van der Waals surface area contributed by atoms with Gasteiger partial charge in [-0.15, -0.1) is 0 Å². The molecule has 108 valence electrons. The molecule has 2 rings (SSSR count). The third kappa shape index (κ3) is 4.05. The molecule has 0 amide bonds. The molecule has 0 bridgehead atoms. The van der Waals surface area contributed by atoms with Gasteiger partial charge in [-0.3, -0.25) is 4.90 Å². The van der Waals surface area contributed by atoms with Crippen LogP contribution in [0.2, 0.25) is 0 Å². The average molecular weight is 265 g/mol. The van der Waals surface area contributed by atoms with Crippen molar-refractivity contribution >= 4 is 0 Å². The molecule has 4 heteroatoms. The maximum Gasteiger partial charge on any atom is 0.208 e. The van der Waals surface area contributed by atoms with Crippen LogP contribution < -0.4 is 5.32 Å².